The quantitative estimate of drug-likeness (QED) is 0.209. The van der Waals surface area contributed by atoms with Gasteiger partial charge >= 0.3 is 0 Å². The van der Waals surface area contributed by atoms with Gasteiger partial charge in [0.25, 0.3) is 11.8 Å². The zero-order valence-electron chi connectivity index (χ0n) is 21.7. The Morgan fingerprint density at radius 1 is 0.500 bits per heavy atom. The first-order chi connectivity index (χ1) is 19.0. The molecule has 0 atom stereocenters. The van der Waals surface area contributed by atoms with Gasteiger partial charge in [0, 0.05) is 0 Å². The van der Waals surface area contributed by atoms with Crippen LogP contribution in [0.2, 0.25) is 35.2 Å². The van der Waals surface area contributed by atoms with Crippen LogP contribution < -0.4 is 10.6 Å². The summed E-state index contributed by atoms with van der Waals surface area (Å²) in [4.78, 5) is 33.9. The first kappa shape index (κ1) is 32.5. The van der Waals surface area contributed by atoms with Crippen molar-refractivity contribution in [3.63, 3.8) is 0 Å². The van der Waals surface area contributed by atoms with E-state index < -0.39 is 11.8 Å². The summed E-state index contributed by atoms with van der Waals surface area (Å²) in [6.07, 6.45) is 0. The molecular weight excluding hydrogens is 660 g/mol. The van der Waals surface area contributed by atoms with Gasteiger partial charge < -0.3 is 10.6 Å². The summed E-state index contributed by atoms with van der Waals surface area (Å²) in [7, 11) is 0. The standard InChI is InChI=1S/C23H9Cl7N4O2.2C2H6/c1-6-13(24)11-9(15(26)14(6)25)20(33-22(11)35)31-7-2-4-8(5-3-7)32-21-10-12(23(36)34-21)17(28)19(30)18(29)16(10)27;2*1-2/h2-5H,1H3,(H,31,33,35)(H,32,34,36);2*1-2H3. The summed E-state index contributed by atoms with van der Waals surface area (Å²) in [6.45, 7) is 9.67. The maximum Gasteiger partial charge on any atom is 0.259 e. The molecule has 2 aliphatic heterocycles. The smallest absolute Gasteiger partial charge is 0.259 e. The van der Waals surface area contributed by atoms with Crippen LogP contribution >= 0.6 is 81.2 Å². The number of rotatable bonds is 2. The number of benzene rings is 3. The molecule has 0 spiro atoms. The highest BCUT2D eigenvalue weighted by Gasteiger charge is 2.35. The predicted molar refractivity (Wildman–Crippen MR) is 169 cm³/mol. The van der Waals surface area contributed by atoms with Crippen molar-refractivity contribution < 1.29 is 9.59 Å². The van der Waals surface area contributed by atoms with Gasteiger partial charge in [0.2, 0.25) is 0 Å². The number of amidine groups is 2. The van der Waals surface area contributed by atoms with E-state index in [1.807, 2.05) is 27.7 Å². The fourth-order valence-electron chi connectivity index (χ4n) is 3.77. The summed E-state index contributed by atoms with van der Waals surface area (Å²) < 4.78 is 0. The highest BCUT2D eigenvalue weighted by atomic mass is 35.5. The number of fused-ring (bicyclic) bond motifs is 2. The van der Waals surface area contributed by atoms with Gasteiger partial charge in [-0.3, -0.25) is 9.59 Å². The Bertz CT molecular complexity index is 1480. The van der Waals surface area contributed by atoms with E-state index in [1.54, 1.807) is 31.2 Å². The van der Waals surface area contributed by atoms with Crippen molar-refractivity contribution in [2.75, 3.05) is 0 Å². The predicted octanol–water partition coefficient (Wildman–Crippen LogP) is 10.3. The van der Waals surface area contributed by atoms with Gasteiger partial charge in [-0.15, -0.1) is 0 Å². The number of nitrogens with zero attached hydrogens (tertiary/aromatic N) is 2. The molecule has 5 rings (SSSR count). The number of carbonyl (C=O) groups is 2. The molecule has 0 saturated carbocycles. The van der Waals surface area contributed by atoms with Crippen LogP contribution in [0.5, 0.6) is 0 Å². The third-order valence-corrected chi connectivity index (χ3v) is 8.75. The molecule has 2 amide bonds. The average molecular weight is 682 g/mol. The van der Waals surface area contributed by atoms with Gasteiger partial charge in [-0.2, -0.15) is 0 Å². The lowest BCUT2D eigenvalue weighted by Crippen LogP contribution is -2.21. The molecule has 40 heavy (non-hydrogen) atoms. The van der Waals surface area contributed by atoms with Crippen LogP contribution in [-0.2, 0) is 0 Å². The van der Waals surface area contributed by atoms with Crippen molar-refractivity contribution in [1.29, 1.82) is 0 Å². The number of hydrogen-bond acceptors (Lipinski definition) is 4. The molecule has 2 heterocycles. The molecule has 3 aromatic carbocycles. The Balaban J connectivity index is 0.00000106. The number of aliphatic imine (C=N–C) groups is 2. The van der Waals surface area contributed by atoms with Gasteiger partial charge in [0.15, 0.2) is 0 Å². The number of amides is 2. The average Bonchev–Trinajstić information content (AvgIpc) is 3.47. The number of carbonyl (C=O) groups excluding carboxylic acids is 2. The molecule has 0 radical (unpaired) electrons. The van der Waals surface area contributed by atoms with Gasteiger partial charge in [-0.1, -0.05) is 109 Å². The van der Waals surface area contributed by atoms with Crippen molar-refractivity contribution in [3.8, 4) is 0 Å². The second-order valence-electron chi connectivity index (χ2n) is 7.67. The molecule has 210 valence electrons. The summed E-state index contributed by atoms with van der Waals surface area (Å²) >= 11 is 43.8. The monoisotopic (exact) mass is 678 g/mol. The van der Waals surface area contributed by atoms with E-state index in [4.69, 9.17) is 81.2 Å². The number of halogens is 7. The van der Waals surface area contributed by atoms with Crippen molar-refractivity contribution in [1.82, 2.24) is 10.6 Å². The number of hydrogen-bond donors (Lipinski definition) is 2. The van der Waals surface area contributed by atoms with E-state index in [9.17, 15) is 9.59 Å². The Labute approximate surface area is 266 Å². The van der Waals surface area contributed by atoms with Crippen LogP contribution in [0.1, 0.15) is 65.1 Å². The second kappa shape index (κ2) is 13.3. The molecule has 0 fully saturated rings. The zero-order chi connectivity index (χ0) is 30.0. The second-order valence-corrected chi connectivity index (χ2v) is 10.3. The van der Waals surface area contributed by atoms with Gasteiger partial charge in [-0.25, -0.2) is 9.98 Å². The van der Waals surface area contributed by atoms with Crippen molar-refractivity contribution in [2.24, 2.45) is 9.98 Å². The molecule has 0 aliphatic carbocycles. The van der Waals surface area contributed by atoms with E-state index in [0.29, 0.717) is 22.5 Å². The SMILES string of the molecule is CC.CC.Cc1c(Cl)c(Cl)c2c(c1Cl)C(=O)NC2=Nc1ccc(N=C2NC(=O)c3c(Cl)c(Cl)c(Cl)c(Cl)c32)cc1. The highest BCUT2D eigenvalue weighted by Crippen LogP contribution is 2.44. The lowest BCUT2D eigenvalue weighted by atomic mass is 10.1. The first-order valence-corrected chi connectivity index (χ1v) is 14.6. The van der Waals surface area contributed by atoms with Crippen LogP contribution in [0.15, 0.2) is 34.3 Å². The lowest BCUT2D eigenvalue weighted by molar-refractivity contribution is 0.0975. The largest absolute Gasteiger partial charge is 0.306 e. The first-order valence-electron chi connectivity index (χ1n) is 11.9. The van der Waals surface area contributed by atoms with Crippen LogP contribution in [0.4, 0.5) is 11.4 Å². The lowest BCUT2D eigenvalue weighted by Gasteiger charge is -2.09. The third-order valence-electron chi connectivity index (χ3n) is 5.53. The van der Waals surface area contributed by atoms with E-state index in [-0.39, 0.29) is 63.5 Å². The topological polar surface area (TPSA) is 82.9 Å². The molecule has 13 heteroatoms. The fraction of sp³-hybridized carbons (Fsp3) is 0.185. The molecule has 0 aromatic heterocycles. The van der Waals surface area contributed by atoms with Crippen LogP contribution in [0.3, 0.4) is 0 Å². The summed E-state index contributed by atoms with van der Waals surface area (Å²) in [5.41, 5.74) is 2.36. The maximum atomic E-state index is 12.5. The minimum atomic E-state index is -0.502. The summed E-state index contributed by atoms with van der Waals surface area (Å²) in [6, 6.07) is 6.61. The summed E-state index contributed by atoms with van der Waals surface area (Å²) in [5.74, 6) is -0.545. The molecular formula is C27H21Cl7N4O2. The number of nitrogens with one attached hydrogen (secondary N) is 2. The molecule has 2 aliphatic rings. The maximum absolute atomic E-state index is 12.5. The van der Waals surface area contributed by atoms with Crippen LogP contribution in [0.25, 0.3) is 0 Å². The molecule has 0 saturated heterocycles. The van der Waals surface area contributed by atoms with Crippen LogP contribution in [-0.4, -0.2) is 23.5 Å². The van der Waals surface area contributed by atoms with Crippen molar-refractivity contribution in [2.45, 2.75) is 34.6 Å². The summed E-state index contributed by atoms with van der Waals surface area (Å²) in [5, 5.41) is 5.99. The van der Waals surface area contributed by atoms with E-state index in [2.05, 4.69) is 20.6 Å². The fourth-order valence-corrected chi connectivity index (χ4v) is 5.64. The minimum Gasteiger partial charge on any atom is -0.306 e. The molecule has 2 N–H and O–H groups in total. The van der Waals surface area contributed by atoms with Crippen LogP contribution in [0, 0.1) is 6.92 Å². The molecule has 6 nitrogen and oxygen atoms in total. The minimum absolute atomic E-state index is 0.0112. The van der Waals surface area contributed by atoms with Gasteiger partial charge in [0.05, 0.1) is 68.8 Å². The van der Waals surface area contributed by atoms with E-state index in [1.165, 1.54) is 0 Å². The molecule has 0 unspecified atom stereocenters. The Morgan fingerprint density at radius 2 is 0.825 bits per heavy atom. The normalized spacial score (nSPS) is 15.1. The van der Waals surface area contributed by atoms with Crippen molar-refractivity contribution in [3.05, 3.63) is 87.2 Å². The third kappa shape index (κ3) is 5.68. The Hall–Kier alpha value is -2.03. The van der Waals surface area contributed by atoms with Crippen molar-refractivity contribution >= 4 is 116 Å². The zero-order valence-corrected chi connectivity index (χ0v) is 27.0. The van der Waals surface area contributed by atoms with E-state index >= 15 is 0 Å². The van der Waals surface area contributed by atoms with Gasteiger partial charge in [0.1, 0.15) is 11.7 Å². The highest BCUT2D eigenvalue weighted by molar-refractivity contribution is 6.55. The Kier molecular flexibility index (Phi) is 10.8. The molecule has 3 aromatic rings. The van der Waals surface area contributed by atoms with Gasteiger partial charge in [-0.05, 0) is 36.8 Å². The van der Waals surface area contributed by atoms with E-state index in [0.717, 1.165) is 0 Å². The molecule has 0 bridgehead atoms. The Morgan fingerprint density at radius 3 is 1.23 bits per heavy atom.